The molecule has 8 rings (SSSR count). The van der Waals surface area contributed by atoms with Crippen LogP contribution in [-0.2, 0) is 20.7 Å². The lowest BCUT2D eigenvalue weighted by atomic mass is 9.63. The molecule has 0 saturated carbocycles. The molecule has 4 nitrogen and oxygen atoms in total. The first-order valence-electron chi connectivity index (χ1n) is 14.8. The highest BCUT2D eigenvalue weighted by Crippen LogP contribution is 2.57. The van der Waals surface area contributed by atoms with E-state index in [1.54, 1.807) is 18.3 Å². The van der Waals surface area contributed by atoms with Gasteiger partial charge in [0.15, 0.2) is 0 Å². The zero-order valence-corrected chi connectivity index (χ0v) is 25.3. The first-order chi connectivity index (χ1) is 21.4. The minimum Gasteiger partial charge on any atom is -0.310 e. The van der Waals surface area contributed by atoms with Crippen LogP contribution in [0.1, 0.15) is 47.2 Å². The summed E-state index contributed by atoms with van der Waals surface area (Å²) in [5, 5.41) is 0. The van der Waals surface area contributed by atoms with Gasteiger partial charge in [0.05, 0.1) is 26.6 Å². The van der Waals surface area contributed by atoms with Crippen molar-refractivity contribution in [3.8, 4) is 0 Å². The zero-order chi connectivity index (χ0) is 30.1. The van der Waals surface area contributed by atoms with Gasteiger partial charge in [0.1, 0.15) is 0 Å². The van der Waals surface area contributed by atoms with Crippen LogP contribution in [0.25, 0.3) is 0 Å². The Morgan fingerprint density at radius 1 is 0.568 bits per heavy atom. The Labute approximate surface area is 258 Å². The van der Waals surface area contributed by atoms with Gasteiger partial charge in [0.2, 0.25) is 9.84 Å². The Bertz CT molecular complexity index is 2120. The molecule has 5 aromatic carbocycles. The van der Waals surface area contributed by atoms with Gasteiger partial charge in [0.25, 0.3) is 0 Å². The maximum Gasteiger partial charge on any atom is 0.207 e. The van der Waals surface area contributed by atoms with Crippen molar-refractivity contribution >= 4 is 26.9 Å². The SMILES string of the molecule is CC1(C)c2ccccc2N(c2ccccc2)c2ccc(C3(c4cccnc4)c4ccccc4S(=O)(=O)c4ccccc43)cc21. The number of benzene rings is 5. The third kappa shape index (κ3) is 3.50. The molecule has 44 heavy (non-hydrogen) atoms. The van der Waals surface area contributed by atoms with Crippen molar-refractivity contribution < 1.29 is 8.42 Å². The van der Waals surface area contributed by atoms with E-state index >= 15 is 0 Å². The van der Waals surface area contributed by atoms with Gasteiger partial charge in [-0.05, 0) is 75.8 Å². The molecule has 6 aromatic rings. The normalized spacial score (nSPS) is 16.6. The summed E-state index contributed by atoms with van der Waals surface area (Å²) in [5.41, 5.74) is 7.91. The summed E-state index contributed by atoms with van der Waals surface area (Å²) in [6.45, 7) is 4.56. The molecular weight excluding hydrogens is 561 g/mol. The number of fused-ring (bicyclic) bond motifs is 4. The first-order valence-corrected chi connectivity index (χ1v) is 16.3. The molecule has 0 radical (unpaired) electrons. The van der Waals surface area contributed by atoms with Crippen LogP contribution in [-0.4, -0.2) is 13.4 Å². The number of para-hydroxylation sites is 2. The number of sulfone groups is 1. The summed E-state index contributed by atoms with van der Waals surface area (Å²) in [4.78, 5) is 7.55. The lowest BCUT2D eigenvalue weighted by Gasteiger charge is -2.45. The lowest BCUT2D eigenvalue weighted by molar-refractivity contribution is 0.577. The van der Waals surface area contributed by atoms with Gasteiger partial charge in [-0.2, -0.15) is 0 Å². The molecule has 0 spiro atoms. The third-order valence-corrected chi connectivity index (χ3v) is 11.3. The van der Waals surface area contributed by atoms with E-state index in [1.165, 1.54) is 11.1 Å². The molecule has 0 N–H and O–H groups in total. The zero-order valence-electron chi connectivity index (χ0n) is 24.5. The second kappa shape index (κ2) is 9.50. The first kappa shape index (κ1) is 26.6. The lowest BCUT2D eigenvalue weighted by Crippen LogP contribution is -2.38. The van der Waals surface area contributed by atoms with Gasteiger partial charge >= 0.3 is 0 Å². The number of pyridine rings is 1. The largest absolute Gasteiger partial charge is 0.310 e. The number of hydrogen-bond acceptors (Lipinski definition) is 4. The minimum atomic E-state index is -3.74. The minimum absolute atomic E-state index is 0.329. The standard InChI is InChI=1S/C39H30N2O2S/c1-38(2)30-16-6-9-19-34(30)41(29-14-4-3-5-15-29)35-23-22-27(25-33(35)38)39(28-13-12-24-40-26-28)31-17-7-10-20-36(31)44(42,43)37-21-11-8-18-32(37)39/h3-26H,1-2H3. The van der Waals surface area contributed by atoms with Crippen LogP contribution in [0.5, 0.6) is 0 Å². The fraction of sp³-hybridized carbons (Fsp3) is 0.103. The summed E-state index contributed by atoms with van der Waals surface area (Å²) >= 11 is 0. The highest BCUT2D eigenvalue weighted by atomic mass is 32.2. The van der Waals surface area contributed by atoms with Crippen LogP contribution in [0.3, 0.4) is 0 Å². The number of anilines is 3. The van der Waals surface area contributed by atoms with Crippen molar-refractivity contribution in [2.75, 3.05) is 4.90 Å². The van der Waals surface area contributed by atoms with E-state index in [0.29, 0.717) is 9.79 Å². The van der Waals surface area contributed by atoms with Gasteiger partial charge in [-0.15, -0.1) is 0 Å². The van der Waals surface area contributed by atoms with Crippen molar-refractivity contribution in [3.05, 3.63) is 179 Å². The highest BCUT2D eigenvalue weighted by Gasteiger charge is 2.49. The van der Waals surface area contributed by atoms with E-state index in [-0.39, 0.29) is 5.41 Å². The predicted molar refractivity (Wildman–Crippen MR) is 175 cm³/mol. The number of nitrogens with zero attached hydrogens (tertiary/aromatic N) is 2. The van der Waals surface area contributed by atoms with Gasteiger partial charge in [-0.25, -0.2) is 8.42 Å². The van der Waals surface area contributed by atoms with Crippen LogP contribution in [0, 0.1) is 0 Å². The quantitative estimate of drug-likeness (QED) is 0.207. The Kier molecular flexibility index (Phi) is 5.75. The molecule has 0 saturated heterocycles. The topological polar surface area (TPSA) is 50.3 Å². The molecule has 0 unspecified atom stereocenters. The molecule has 0 bridgehead atoms. The van der Waals surface area contributed by atoms with E-state index in [2.05, 4.69) is 96.5 Å². The molecule has 0 fully saturated rings. The predicted octanol–water partition coefficient (Wildman–Crippen LogP) is 8.72. The molecular formula is C39H30N2O2S. The Hall–Kier alpha value is -5.00. The van der Waals surface area contributed by atoms with Gasteiger partial charge in [-0.3, -0.25) is 4.98 Å². The van der Waals surface area contributed by atoms with E-state index in [9.17, 15) is 8.42 Å². The number of hydrogen-bond donors (Lipinski definition) is 0. The van der Waals surface area contributed by atoms with E-state index < -0.39 is 15.3 Å². The molecule has 3 heterocycles. The molecule has 214 valence electrons. The van der Waals surface area contributed by atoms with Crippen LogP contribution in [0.15, 0.2) is 156 Å². The second-order valence-corrected chi connectivity index (χ2v) is 13.9. The van der Waals surface area contributed by atoms with E-state index in [1.807, 2.05) is 54.7 Å². The van der Waals surface area contributed by atoms with Crippen molar-refractivity contribution in [1.29, 1.82) is 0 Å². The molecule has 0 amide bonds. The maximum atomic E-state index is 14.1. The van der Waals surface area contributed by atoms with Crippen LogP contribution < -0.4 is 4.90 Å². The van der Waals surface area contributed by atoms with Crippen LogP contribution in [0.4, 0.5) is 17.1 Å². The monoisotopic (exact) mass is 590 g/mol. The van der Waals surface area contributed by atoms with Crippen LogP contribution in [0.2, 0.25) is 0 Å². The maximum absolute atomic E-state index is 14.1. The fourth-order valence-corrected chi connectivity index (χ4v) is 9.22. The van der Waals surface area contributed by atoms with Gasteiger partial charge in [-0.1, -0.05) is 105 Å². The summed E-state index contributed by atoms with van der Waals surface area (Å²) in [6, 6.07) is 44.6. The summed E-state index contributed by atoms with van der Waals surface area (Å²) in [6.07, 6.45) is 3.64. The Morgan fingerprint density at radius 2 is 1.16 bits per heavy atom. The molecule has 0 aliphatic carbocycles. The average Bonchev–Trinajstić information content (AvgIpc) is 3.07. The summed E-state index contributed by atoms with van der Waals surface area (Å²) < 4.78 is 28.2. The summed E-state index contributed by atoms with van der Waals surface area (Å²) in [7, 11) is -3.74. The van der Waals surface area contributed by atoms with Crippen molar-refractivity contribution in [1.82, 2.24) is 4.98 Å². The van der Waals surface area contributed by atoms with Crippen molar-refractivity contribution in [2.24, 2.45) is 0 Å². The molecule has 1 aromatic heterocycles. The Morgan fingerprint density at radius 3 is 1.82 bits per heavy atom. The second-order valence-electron chi connectivity index (χ2n) is 12.0. The molecule has 2 aliphatic rings. The van der Waals surface area contributed by atoms with Crippen LogP contribution >= 0.6 is 0 Å². The third-order valence-electron chi connectivity index (χ3n) is 9.43. The van der Waals surface area contributed by atoms with Crippen molar-refractivity contribution in [2.45, 2.75) is 34.5 Å². The number of aromatic nitrogens is 1. The van der Waals surface area contributed by atoms with Gasteiger partial charge in [0, 0.05) is 23.5 Å². The average molecular weight is 591 g/mol. The fourth-order valence-electron chi connectivity index (χ4n) is 7.45. The van der Waals surface area contributed by atoms with E-state index in [0.717, 1.165) is 39.3 Å². The Balaban J connectivity index is 1.50. The highest BCUT2D eigenvalue weighted by molar-refractivity contribution is 7.91. The smallest absolute Gasteiger partial charge is 0.207 e. The van der Waals surface area contributed by atoms with Crippen molar-refractivity contribution in [3.63, 3.8) is 0 Å². The molecule has 2 aliphatic heterocycles. The molecule has 0 atom stereocenters. The number of rotatable bonds is 3. The summed E-state index contributed by atoms with van der Waals surface area (Å²) in [5.74, 6) is 0. The van der Waals surface area contributed by atoms with E-state index in [4.69, 9.17) is 0 Å². The molecule has 5 heteroatoms. The van der Waals surface area contributed by atoms with Gasteiger partial charge < -0.3 is 4.90 Å².